The molecule has 4 aromatic rings. The number of likely N-dealkylation sites (tertiary alicyclic amines) is 1. The maximum Gasteiger partial charge on any atom is 0.326 e. The highest BCUT2D eigenvalue weighted by Gasteiger charge is 2.37. The third-order valence-corrected chi connectivity index (χ3v) is 11.7. The molecule has 1 saturated heterocycles. The van der Waals surface area contributed by atoms with Crippen LogP contribution >= 0.6 is 23.2 Å². The number of benzene rings is 4. The molecule has 1 fully saturated rings. The molecule has 3 aliphatic rings. The summed E-state index contributed by atoms with van der Waals surface area (Å²) in [5, 5.41) is 20.0. The number of rotatable bonds is 15. The normalized spacial score (nSPS) is 16.6. The van der Waals surface area contributed by atoms with Gasteiger partial charge in [-0.15, -0.1) is 0 Å². The van der Waals surface area contributed by atoms with E-state index in [0.717, 1.165) is 0 Å². The van der Waals surface area contributed by atoms with Crippen LogP contribution in [-0.2, 0) is 28.8 Å². The summed E-state index contributed by atoms with van der Waals surface area (Å²) in [6.07, 6.45) is 1.75. The Labute approximate surface area is 349 Å². The summed E-state index contributed by atoms with van der Waals surface area (Å²) in [6.45, 7) is 1.66. The van der Waals surface area contributed by atoms with Crippen molar-refractivity contribution in [2.75, 3.05) is 49.2 Å². The first-order chi connectivity index (χ1) is 28.4. The van der Waals surface area contributed by atoms with Crippen molar-refractivity contribution in [1.29, 1.82) is 0 Å². The van der Waals surface area contributed by atoms with Crippen molar-refractivity contribution >= 4 is 70.6 Å². The molecule has 0 aromatic heterocycles. The fourth-order valence-electron chi connectivity index (χ4n) is 7.84. The van der Waals surface area contributed by atoms with Gasteiger partial charge in [0.25, 0.3) is 11.8 Å². The largest absolute Gasteiger partial charge is 0.482 e. The molecule has 0 bridgehead atoms. The third kappa shape index (κ3) is 8.15. The Kier molecular flexibility index (Phi) is 12.1. The van der Waals surface area contributed by atoms with E-state index in [1.165, 1.54) is 19.6 Å². The van der Waals surface area contributed by atoms with E-state index in [0.29, 0.717) is 79.1 Å². The lowest BCUT2D eigenvalue weighted by Gasteiger charge is -2.32. The van der Waals surface area contributed by atoms with Gasteiger partial charge in [0.05, 0.1) is 21.4 Å². The number of carboxylic acid groups (broad SMARTS) is 2. The van der Waals surface area contributed by atoms with Gasteiger partial charge >= 0.3 is 11.9 Å². The van der Waals surface area contributed by atoms with Gasteiger partial charge in [0.2, 0.25) is 12.3 Å². The number of hydrogen-bond donors (Lipinski definition) is 2. The second kappa shape index (κ2) is 17.4. The van der Waals surface area contributed by atoms with E-state index >= 15 is 0 Å². The number of carbonyl (C=O) groups excluding carboxylic acids is 4. The summed E-state index contributed by atoms with van der Waals surface area (Å²) in [7, 11) is 0. The lowest BCUT2D eigenvalue weighted by Crippen LogP contribution is -2.47. The Morgan fingerprint density at radius 3 is 1.80 bits per heavy atom. The highest BCUT2D eigenvalue weighted by Crippen LogP contribution is 2.45. The molecule has 16 heteroatoms. The van der Waals surface area contributed by atoms with Crippen LogP contribution in [0.3, 0.4) is 0 Å². The van der Waals surface area contributed by atoms with Crippen LogP contribution in [-0.4, -0.2) is 108 Å². The molecule has 3 heterocycles. The van der Waals surface area contributed by atoms with Crippen LogP contribution in [0.15, 0.2) is 72.8 Å². The van der Waals surface area contributed by atoms with Gasteiger partial charge in [0.1, 0.15) is 23.6 Å². The smallest absolute Gasteiger partial charge is 0.326 e. The molecule has 2 N–H and O–H groups in total. The van der Waals surface area contributed by atoms with Gasteiger partial charge in [-0.2, -0.15) is 0 Å². The second-order valence-electron chi connectivity index (χ2n) is 14.3. The fraction of sp³-hybridized carbons (Fsp3) is 0.302. The lowest BCUT2D eigenvalue weighted by molar-refractivity contribution is -0.146. The van der Waals surface area contributed by atoms with Gasteiger partial charge in [-0.25, -0.2) is 9.59 Å². The molecule has 2 unspecified atom stereocenters. The van der Waals surface area contributed by atoms with Crippen molar-refractivity contribution < 1.29 is 48.5 Å². The van der Waals surface area contributed by atoms with Gasteiger partial charge in [0, 0.05) is 54.9 Å². The molecule has 2 atom stereocenters. The predicted octanol–water partition coefficient (Wildman–Crippen LogP) is 6.23. The van der Waals surface area contributed by atoms with Crippen molar-refractivity contribution in [1.82, 2.24) is 9.80 Å². The molecule has 59 heavy (non-hydrogen) atoms. The van der Waals surface area contributed by atoms with Gasteiger partial charge in [-0.1, -0.05) is 85.1 Å². The van der Waals surface area contributed by atoms with Crippen molar-refractivity contribution in [2.45, 2.75) is 44.7 Å². The van der Waals surface area contributed by atoms with Crippen LogP contribution < -0.4 is 19.3 Å². The van der Waals surface area contributed by atoms with E-state index in [9.17, 15) is 39.0 Å². The summed E-state index contributed by atoms with van der Waals surface area (Å²) >= 11 is 14.3. The zero-order valence-corrected chi connectivity index (χ0v) is 33.4. The number of amides is 4. The third-order valence-electron chi connectivity index (χ3n) is 10.9. The van der Waals surface area contributed by atoms with Crippen molar-refractivity contribution in [3.8, 4) is 44.9 Å². The molecule has 4 aromatic carbocycles. The number of anilines is 2. The molecular formula is C43H40Cl2N4O10. The molecule has 7 rings (SSSR count). The molecule has 3 aliphatic heterocycles. The van der Waals surface area contributed by atoms with Gasteiger partial charge in [-0.3, -0.25) is 19.2 Å². The first-order valence-corrected chi connectivity index (χ1v) is 19.9. The molecule has 0 saturated carbocycles. The minimum Gasteiger partial charge on any atom is -0.482 e. The molecule has 0 spiro atoms. The summed E-state index contributed by atoms with van der Waals surface area (Å²) in [5.74, 6) is -2.21. The number of carboxylic acids is 2. The van der Waals surface area contributed by atoms with Crippen molar-refractivity contribution in [3.05, 3.63) is 82.8 Å². The van der Waals surface area contributed by atoms with E-state index in [1.54, 1.807) is 30.3 Å². The number of aliphatic carboxylic acids is 2. The topological polar surface area (TPSA) is 174 Å². The van der Waals surface area contributed by atoms with Crippen LogP contribution in [0.1, 0.15) is 32.6 Å². The van der Waals surface area contributed by atoms with Crippen LogP contribution in [0, 0.1) is 0 Å². The van der Waals surface area contributed by atoms with Crippen LogP contribution in [0.4, 0.5) is 11.4 Å². The van der Waals surface area contributed by atoms with E-state index < -0.39 is 24.0 Å². The van der Waals surface area contributed by atoms with E-state index in [4.69, 9.17) is 32.7 Å². The zero-order chi connectivity index (χ0) is 42.0. The first kappa shape index (κ1) is 41.1. The van der Waals surface area contributed by atoms with Crippen LogP contribution in [0.5, 0.6) is 11.5 Å². The summed E-state index contributed by atoms with van der Waals surface area (Å²) in [5.41, 5.74) is 5.06. The highest BCUT2D eigenvalue weighted by molar-refractivity contribution is 6.39. The SMILES string of the molecule is CCCC(C(=O)O)N(C=O)CCN1C(=O)COc2cc(-c3cccc(-c4cccc(-c5ccc6c(c5)OCC(=O)N6CCN5C(=O)CCC5C(=O)O)c4Cl)c3Cl)ccc21. The molecule has 0 radical (unpaired) electrons. The summed E-state index contributed by atoms with van der Waals surface area (Å²) in [4.78, 5) is 79.1. The number of carbonyl (C=O) groups is 6. The standard InChI is InChI=1S/C43H40Cl2N4O10/c1-2-5-33(42(54)55)46(24-50)16-17-47-31-12-10-25(20-35(31)58-22-38(47)52)27-6-3-8-29(40(27)44)30-9-4-7-28(41(30)45)26-11-13-32-36(21-26)59-23-39(53)48(32)18-19-49-34(43(56)57)14-15-37(49)51/h3-4,6-13,20-21,24,33-34H,2,5,14-19,22-23H2,1H3,(H,54,55)(H,56,57). The number of hydrogen-bond acceptors (Lipinski definition) is 8. The Balaban J connectivity index is 1.12. The molecule has 14 nitrogen and oxygen atoms in total. The monoisotopic (exact) mass is 842 g/mol. The average molecular weight is 844 g/mol. The van der Waals surface area contributed by atoms with Gasteiger partial charge < -0.3 is 39.3 Å². The number of fused-ring (bicyclic) bond motifs is 2. The fourth-order valence-corrected chi connectivity index (χ4v) is 8.51. The van der Waals surface area contributed by atoms with E-state index in [2.05, 4.69) is 0 Å². The molecule has 0 aliphatic carbocycles. The molecule has 306 valence electrons. The number of ether oxygens (including phenoxy) is 2. The summed E-state index contributed by atoms with van der Waals surface area (Å²) in [6, 6.07) is 19.9. The van der Waals surface area contributed by atoms with Crippen LogP contribution in [0.25, 0.3) is 33.4 Å². The second-order valence-corrected chi connectivity index (χ2v) is 15.1. The maximum absolute atomic E-state index is 13.0. The Morgan fingerprint density at radius 2 is 1.31 bits per heavy atom. The molecular weight excluding hydrogens is 803 g/mol. The van der Waals surface area contributed by atoms with Gasteiger partial charge in [-0.05, 0) is 48.2 Å². The first-order valence-electron chi connectivity index (χ1n) is 19.1. The Morgan fingerprint density at radius 1 is 0.780 bits per heavy atom. The average Bonchev–Trinajstić information content (AvgIpc) is 3.60. The maximum atomic E-state index is 13.0. The Hall–Kier alpha value is -6.12. The van der Waals surface area contributed by atoms with Crippen molar-refractivity contribution in [3.63, 3.8) is 0 Å². The van der Waals surface area contributed by atoms with Crippen molar-refractivity contribution in [2.24, 2.45) is 0 Å². The quantitative estimate of drug-likeness (QED) is 0.131. The Bertz CT molecular complexity index is 2360. The highest BCUT2D eigenvalue weighted by atomic mass is 35.5. The number of nitrogens with zero attached hydrogens (tertiary/aromatic N) is 4. The summed E-state index contributed by atoms with van der Waals surface area (Å²) < 4.78 is 11.7. The van der Waals surface area contributed by atoms with E-state index in [-0.39, 0.29) is 76.4 Å². The minimum absolute atomic E-state index is 0.0241. The number of halogens is 2. The van der Waals surface area contributed by atoms with E-state index in [1.807, 2.05) is 49.4 Å². The zero-order valence-electron chi connectivity index (χ0n) is 31.9. The van der Waals surface area contributed by atoms with Gasteiger partial charge in [0.15, 0.2) is 13.2 Å². The lowest BCUT2D eigenvalue weighted by atomic mass is 9.95. The molecule has 4 amide bonds. The van der Waals surface area contributed by atoms with Crippen LogP contribution in [0.2, 0.25) is 10.0 Å². The minimum atomic E-state index is -1.10. The predicted molar refractivity (Wildman–Crippen MR) is 220 cm³/mol.